The first-order valence-electron chi connectivity index (χ1n) is 11.4. The third-order valence-electron chi connectivity index (χ3n) is 6.27. The van der Waals surface area contributed by atoms with Crippen LogP contribution >= 0.6 is 23.2 Å². The highest BCUT2D eigenvalue weighted by Crippen LogP contribution is 2.44. The van der Waals surface area contributed by atoms with E-state index >= 15 is 0 Å². The average Bonchev–Trinajstić information content (AvgIpc) is 2.94. The van der Waals surface area contributed by atoms with Crippen LogP contribution in [0.5, 0.6) is 23.0 Å². The maximum Gasteiger partial charge on any atom is 0.175 e. The van der Waals surface area contributed by atoms with Crippen molar-refractivity contribution in [2.75, 3.05) is 0 Å². The maximum absolute atomic E-state index is 6.82. The predicted octanol–water partition coefficient (Wildman–Crippen LogP) is 8.44. The molecule has 6 heteroatoms. The molecule has 0 spiro atoms. The molecule has 2 aliphatic heterocycles. The summed E-state index contributed by atoms with van der Waals surface area (Å²) in [5.74, 6) is 1.94. The number of rotatable bonds is 2. The Labute approximate surface area is 216 Å². The zero-order valence-electron chi connectivity index (χ0n) is 18.7. The molecule has 4 nitrogen and oxygen atoms in total. The van der Waals surface area contributed by atoms with Crippen molar-refractivity contribution in [3.05, 3.63) is 118 Å². The number of hydrogen-bond donors (Lipinski definition) is 0. The quantitative estimate of drug-likeness (QED) is 0.236. The molecule has 0 aliphatic carbocycles. The Hall–Kier alpha value is -4.12. The summed E-state index contributed by atoms with van der Waals surface area (Å²) in [4.78, 5) is 9.62. The van der Waals surface area contributed by atoms with Gasteiger partial charge in [-0.05, 0) is 46.5 Å². The normalized spacial score (nSPS) is 12.5. The molecule has 0 bridgehead atoms. The van der Waals surface area contributed by atoms with Crippen LogP contribution in [0.25, 0.3) is 22.3 Å². The van der Waals surface area contributed by atoms with Crippen LogP contribution < -0.4 is 20.2 Å². The molecule has 0 aromatic heterocycles. The molecule has 7 rings (SSSR count). The van der Waals surface area contributed by atoms with E-state index < -0.39 is 0 Å². The number of ether oxygens (including phenoxy) is 2. The van der Waals surface area contributed by atoms with Crippen LogP contribution in [0.3, 0.4) is 0 Å². The van der Waals surface area contributed by atoms with Crippen LogP contribution in [0, 0.1) is 0 Å². The van der Waals surface area contributed by atoms with Crippen LogP contribution in [0.1, 0.15) is 0 Å². The Morgan fingerprint density at radius 3 is 1.31 bits per heavy atom. The lowest BCUT2D eigenvalue weighted by molar-refractivity contribution is 0.451. The molecule has 172 valence electrons. The molecule has 0 atom stereocenters. The Kier molecular flexibility index (Phi) is 4.84. The van der Waals surface area contributed by atoms with E-state index in [9.17, 15) is 0 Å². The summed E-state index contributed by atoms with van der Waals surface area (Å²) in [7, 11) is 0. The zero-order chi connectivity index (χ0) is 24.2. The van der Waals surface area contributed by atoms with Crippen LogP contribution in [0.2, 0.25) is 10.0 Å². The Balaban J connectivity index is 1.38. The summed E-state index contributed by atoms with van der Waals surface area (Å²) in [6.07, 6.45) is 0. The van der Waals surface area contributed by atoms with E-state index in [1.54, 1.807) is 0 Å². The standard InChI is InChI=1S/C30H16Cl2N2O2/c31-25-27-29(35-23-13-11-19(15-21(23)33-27)17-7-3-1-4-8-17)26(32)28-30(25)36-24-14-12-20(16-22(24)34-28)18-9-5-2-6-10-18/h1-16H. The third-order valence-corrected chi connectivity index (χ3v) is 6.97. The van der Waals surface area contributed by atoms with E-state index in [2.05, 4.69) is 24.3 Å². The summed E-state index contributed by atoms with van der Waals surface area (Å²) in [5.41, 5.74) is 5.57. The predicted molar refractivity (Wildman–Crippen MR) is 142 cm³/mol. The van der Waals surface area contributed by atoms with Crippen molar-refractivity contribution in [1.29, 1.82) is 0 Å². The molecule has 0 amide bonds. The van der Waals surface area contributed by atoms with Crippen molar-refractivity contribution in [3.63, 3.8) is 0 Å². The third kappa shape index (κ3) is 3.38. The molecule has 0 saturated heterocycles. The molecule has 0 saturated carbocycles. The molecule has 0 radical (unpaired) electrons. The fourth-order valence-corrected chi connectivity index (χ4v) is 4.98. The van der Waals surface area contributed by atoms with E-state index in [1.807, 2.05) is 72.8 Å². The highest BCUT2D eigenvalue weighted by molar-refractivity contribution is 6.35. The van der Waals surface area contributed by atoms with Gasteiger partial charge in [0.2, 0.25) is 0 Å². The van der Waals surface area contributed by atoms with Crippen molar-refractivity contribution in [2.45, 2.75) is 0 Å². The van der Waals surface area contributed by atoms with Crippen molar-refractivity contribution in [1.82, 2.24) is 0 Å². The lowest BCUT2D eigenvalue weighted by Crippen LogP contribution is -2.22. The maximum atomic E-state index is 6.82. The number of nitrogens with zero attached hydrogens (tertiary/aromatic N) is 2. The second-order valence-electron chi connectivity index (χ2n) is 8.51. The molecular formula is C30H16Cl2N2O2. The van der Waals surface area contributed by atoms with E-state index in [4.69, 9.17) is 42.7 Å². The summed E-state index contributed by atoms with van der Waals surface area (Å²) in [5, 5.41) is 1.47. The first-order chi connectivity index (χ1) is 17.7. The van der Waals surface area contributed by atoms with Crippen molar-refractivity contribution in [2.24, 2.45) is 9.98 Å². The van der Waals surface area contributed by atoms with Gasteiger partial charge in [0.15, 0.2) is 23.0 Å². The van der Waals surface area contributed by atoms with Crippen LogP contribution in [0.15, 0.2) is 107 Å². The summed E-state index contributed by atoms with van der Waals surface area (Å²) >= 11 is 13.6. The Morgan fingerprint density at radius 1 is 0.472 bits per heavy atom. The van der Waals surface area contributed by atoms with Crippen molar-refractivity contribution >= 4 is 34.6 Å². The fraction of sp³-hybridized carbons (Fsp3) is 0. The van der Waals surface area contributed by atoms with Gasteiger partial charge >= 0.3 is 0 Å². The molecule has 0 unspecified atom stereocenters. The molecule has 2 heterocycles. The van der Waals surface area contributed by atoms with Gasteiger partial charge in [-0.3, -0.25) is 0 Å². The van der Waals surface area contributed by atoms with Gasteiger partial charge in [0.05, 0.1) is 0 Å². The lowest BCUT2D eigenvalue weighted by Gasteiger charge is -2.21. The zero-order valence-corrected chi connectivity index (χ0v) is 20.2. The summed E-state index contributed by atoms with van der Waals surface area (Å²) in [6, 6.07) is 31.9. The Bertz CT molecular complexity index is 1670. The summed E-state index contributed by atoms with van der Waals surface area (Å²) in [6.45, 7) is 0. The molecule has 36 heavy (non-hydrogen) atoms. The van der Waals surface area contributed by atoms with E-state index in [0.717, 1.165) is 22.3 Å². The monoisotopic (exact) mass is 506 g/mol. The van der Waals surface area contributed by atoms with Crippen LogP contribution in [-0.4, -0.2) is 0 Å². The van der Waals surface area contributed by atoms with E-state index in [0.29, 0.717) is 55.1 Å². The highest BCUT2D eigenvalue weighted by Gasteiger charge is 2.27. The van der Waals surface area contributed by atoms with Crippen LogP contribution in [-0.2, 0) is 0 Å². The number of benzene rings is 5. The number of fused-ring (bicyclic) bond motifs is 4. The van der Waals surface area contributed by atoms with Gasteiger partial charge in [-0.15, -0.1) is 0 Å². The topological polar surface area (TPSA) is 43.2 Å². The van der Waals surface area contributed by atoms with Gasteiger partial charge in [-0.1, -0.05) is 96.0 Å². The number of hydrogen-bond acceptors (Lipinski definition) is 4. The van der Waals surface area contributed by atoms with Crippen LogP contribution in [0.4, 0.5) is 11.4 Å². The SMILES string of the molecule is Clc1c2c(c(Cl)c3c1=Nc1cc(-c4ccccc4)ccc1O3)=Nc1cc(-c3ccccc3)ccc1O2. The van der Waals surface area contributed by atoms with Gasteiger partial charge in [-0.25, -0.2) is 9.98 Å². The van der Waals surface area contributed by atoms with Gasteiger partial charge in [-0.2, -0.15) is 0 Å². The number of halogens is 2. The fourth-order valence-electron chi connectivity index (χ4n) is 4.47. The second kappa shape index (κ2) is 8.23. The van der Waals surface area contributed by atoms with Gasteiger partial charge in [0.25, 0.3) is 0 Å². The first-order valence-corrected chi connectivity index (χ1v) is 12.1. The largest absolute Gasteiger partial charge is 0.451 e. The lowest BCUT2D eigenvalue weighted by atomic mass is 10.0. The smallest absolute Gasteiger partial charge is 0.175 e. The minimum Gasteiger partial charge on any atom is -0.451 e. The van der Waals surface area contributed by atoms with Gasteiger partial charge in [0.1, 0.15) is 32.1 Å². The Morgan fingerprint density at radius 2 is 0.889 bits per heavy atom. The molecule has 0 fully saturated rings. The average molecular weight is 507 g/mol. The van der Waals surface area contributed by atoms with E-state index in [-0.39, 0.29) is 0 Å². The van der Waals surface area contributed by atoms with Crippen molar-refractivity contribution in [3.8, 4) is 45.3 Å². The van der Waals surface area contributed by atoms with Gasteiger partial charge < -0.3 is 9.47 Å². The van der Waals surface area contributed by atoms with E-state index in [1.165, 1.54) is 0 Å². The molecule has 5 aromatic carbocycles. The van der Waals surface area contributed by atoms with Crippen molar-refractivity contribution < 1.29 is 9.47 Å². The molecular weight excluding hydrogens is 491 g/mol. The minimum atomic E-state index is 0.307. The summed E-state index contributed by atoms with van der Waals surface area (Å²) < 4.78 is 12.4. The second-order valence-corrected chi connectivity index (χ2v) is 9.26. The molecule has 2 aliphatic rings. The van der Waals surface area contributed by atoms with Gasteiger partial charge in [0, 0.05) is 0 Å². The molecule has 0 N–H and O–H groups in total. The first kappa shape index (κ1) is 21.2. The highest BCUT2D eigenvalue weighted by atomic mass is 35.5. The minimum absolute atomic E-state index is 0.307. The molecule has 5 aromatic rings.